The quantitative estimate of drug-likeness (QED) is 0.878. The molecular formula is C14H15BrN2O. The number of halogens is 1. The van der Waals surface area contributed by atoms with Crippen molar-refractivity contribution in [1.82, 2.24) is 4.98 Å². The van der Waals surface area contributed by atoms with Crippen molar-refractivity contribution in [1.29, 1.82) is 0 Å². The zero-order valence-electron chi connectivity index (χ0n) is 9.97. The highest BCUT2D eigenvalue weighted by Gasteiger charge is 2.48. The van der Waals surface area contributed by atoms with Crippen LogP contribution in [-0.2, 0) is 0 Å². The standard InChI is InChI=1S/C14H15BrN2O/c15-9-2-1-3-10-13(9)18-14(17-10)11-7-4-5-8(6-7)12(11)16/h1-3,7-8,11-12H,4-6,16H2. The van der Waals surface area contributed by atoms with E-state index in [2.05, 4.69) is 20.9 Å². The number of hydrogen-bond acceptors (Lipinski definition) is 3. The average Bonchev–Trinajstić information content (AvgIpc) is 3.01. The summed E-state index contributed by atoms with van der Waals surface area (Å²) in [6.07, 6.45) is 3.82. The van der Waals surface area contributed by atoms with Crippen LogP contribution in [0.25, 0.3) is 11.1 Å². The lowest BCUT2D eigenvalue weighted by molar-refractivity contribution is 0.316. The fraction of sp³-hybridized carbons (Fsp3) is 0.500. The van der Waals surface area contributed by atoms with E-state index in [0.717, 1.165) is 21.5 Å². The van der Waals surface area contributed by atoms with Crippen molar-refractivity contribution in [3.05, 3.63) is 28.6 Å². The molecule has 1 aromatic carbocycles. The summed E-state index contributed by atoms with van der Waals surface area (Å²) >= 11 is 3.51. The van der Waals surface area contributed by atoms with Gasteiger partial charge in [0.25, 0.3) is 0 Å². The van der Waals surface area contributed by atoms with E-state index in [9.17, 15) is 0 Å². The van der Waals surface area contributed by atoms with Crippen molar-refractivity contribution in [3.8, 4) is 0 Å². The van der Waals surface area contributed by atoms with E-state index >= 15 is 0 Å². The summed E-state index contributed by atoms with van der Waals surface area (Å²) in [6, 6.07) is 6.19. The summed E-state index contributed by atoms with van der Waals surface area (Å²) in [6.45, 7) is 0. The molecule has 1 aromatic heterocycles. The van der Waals surface area contributed by atoms with Gasteiger partial charge in [0.2, 0.25) is 5.89 Å². The lowest BCUT2D eigenvalue weighted by Crippen LogP contribution is -2.34. The predicted molar refractivity (Wildman–Crippen MR) is 73.3 cm³/mol. The van der Waals surface area contributed by atoms with Crippen LogP contribution < -0.4 is 5.73 Å². The second kappa shape index (κ2) is 3.81. The van der Waals surface area contributed by atoms with Gasteiger partial charge in [-0.05, 0) is 59.2 Å². The Balaban J connectivity index is 1.81. The number of nitrogens with zero attached hydrogens (tertiary/aromatic N) is 1. The maximum atomic E-state index is 6.34. The Labute approximate surface area is 114 Å². The topological polar surface area (TPSA) is 52.0 Å². The number of aromatic nitrogens is 1. The Morgan fingerprint density at radius 1 is 1.28 bits per heavy atom. The molecule has 0 aliphatic heterocycles. The van der Waals surface area contributed by atoms with Gasteiger partial charge in [-0.15, -0.1) is 0 Å². The fourth-order valence-corrected chi connectivity index (χ4v) is 4.21. The molecule has 2 bridgehead atoms. The van der Waals surface area contributed by atoms with Gasteiger partial charge < -0.3 is 10.2 Å². The molecule has 2 aliphatic carbocycles. The largest absolute Gasteiger partial charge is 0.439 e. The molecule has 0 saturated heterocycles. The number of rotatable bonds is 1. The van der Waals surface area contributed by atoms with Crippen LogP contribution in [0.5, 0.6) is 0 Å². The van der Waals surface area contributed by atoms with Crippen molar-refractivity contribution in [2.45, 2.75) is 31.2 Å². The molecular weight excluding hydrogens is 292 g/mol. The first-order valence-electron chi connectivity index (χ1n) is 6.54. The van der Waals surface area contributed by atoms with Crippen LogP contribution in [-0.4, -0.2) is 11.0 Å². The normalized spacial score (nSPS) is 34.6. The molecule has 0 radical (unpaired) electrons. The van der Waals surface area contributed by atoms with Gasteiger partial charge in [-0.2, -0.15) is 0 Å². The molecule has 4 heteroatoms. The van der Waals surface area contributed by atoms with Crippen molar-refractivity contribution in [2.24, 2.45) is 17.6 Å². The molecule has 18 heavy (non-hydrogen) atoms. The molecule has 94 valence electrons. The van der Waals surface area contributed by atoms with Crippen LogP contribution in [0.4, 0.5) is 0 Å². The SMILES string of the molecule is NC1C2CCC(C2)C1c1nc2cccc(Br)c2o1. The Morgan fingerprint density at radius 2 is 2.11 bits per heavy atom. The zero-order chi connectivity index (χ0) is 12.3. The molecule has 3 nitrogen and oxygen atoms in total. The van der Waals surface area contributed by atoms with Crippen molar-refractivity contribution in [3.63, 3.8) is 0 Å². The van der Waals surface area contributed by atoms with Gasteiger partial charge in [0.05, 0.1) is 10.4 Å². The summed E-state index contributed by atoms with van der Waals surface area (Å²) < 4.78 is 6.94. The van der Waals surface area contributed by atoms with E-state index in [4.69, 9.17) is 10.2 Å². The minimum atomic E-state index is 0.232. The Hall–Kier alpha value is -0.870. The average molecular weight is 307 g/mol. The molecule has 2 aromatic rings. The van der Waals surface area contributed by atoms with Crippen LogP contribution >= 0.6 is 15.9 Å². The summed E-state index contributed by atoms with van der Waals surface area (Å²) in [5.74, 6) is 2.52. The monoisotopic (exact) mass is 306 g/mol. The van der Waals surface area contributed by atoms with E-state index in [1.165, 1.54) is 19.3 Å². The van der Waals surface area contributed by atoms with Crippen molar-refractivity contribution < 1.29 is 4.42 Å². The van der Waals surface area contributed by atoms with Gasteiger partial charge in [-0.25, -0.2) is 4.98 Å². The molecule has 4 atom stereocenters. The number of oxazole rings is 1. The van der Waals surface area contributed by atoms with Crippen LogP contribution in [0.3, 0.4) is 0 Å². The Kier molecular flexibility index (Phi) is 2.33. The fourth-order valence-electron chi connectivity index (χ4n) is 3.78. The van der Waals surface area contributed by atoms with Gasteiger partial charge >= 0.3 is 0 Å². The molecule has 4 rings (SSSR count). The van der Waals surface area contributed by atoms with Crippen LogP contribution in [0.1, 0.15) is 31.1 Å². The minimum absolute atomic E-state index is 0.232. The lowest BCUT2D eigenvalue weighted by Gasteiger charge is -2.25. The van der Waals surface area contributed by atoms with E-state index in [1.54, 1.807) is 0 Å². The molecule has 4 unspecified atom stereocenters. The van der Waals surface area contributed by atoms with Crippen molar-refractivity contribution >= 4 is 27.0 Å². The van der Waals surface area contributed by atoms with E-state index in [-0.39, 0.29) is 6.04 Å². The molecule has 2 aliphatic rings. The highest BCUT2D eigenvalue weighted by atomic mass is 79.9. The van der Waals surface area contributed by atoms with Crippen LogP contribution in [0.2, 0.25) is 0 Å². The third kappa shape index (κ3) is 1.42. The molecule has 0 spiro atoms. The Morgan fingerprint density at radius 3 is 2.83 bits per heavy atom. The maximum Gasteiger partial charge on any atom is 0.200 e. The van der Waals surface area contributed by atoms with Crippen molar-refractivity contribution in [2.75, 3.05) is 0 Å². The van der Waals surface area contributed by atoms with E-state index < -0.39 is 0 Å². The third-order valence-electron chi connectivity index (χ3n) is 4.65. The minimum Gasteiger partial charge on any atom is -0.439 e. The summed E-state index contributed by atoms with van der Waals surface area (Å²) in [5.41, 5.74) is 8.12. The lowest BCUT2D eigenvalue weighted by atomic mass is 9.85. The number of fused-ring (bicyclic) bond motifs is 3. The maximum absolute atomic E-state index is 6.34. The highest BCUT2D eigenvalue weighted by molar-refractivity contribution is 9.10. The summed E-state index contributed by atoms with van der Waals surface area (Å²) in [5, 5.41) is 0. The van der Waals surface area contributed by atoms with Gasteiger partial charge in [0.1, 0.15) is 5.52 Å². The first kappa shape index (κ1) is 11.0. The predicted octanol–water partition coefficient (Wildman–Crippen LogP) is 3.43. The van der Waals surface area contributed by atoms with E-state index in [1.807, 2.05) is 18.2 Å². The first-order chi connectivity index (χ1) is 8.74. The van der Waals surface area contributed by atoms with Gasteiger partial charge in [-0.3, -0.25) is 0 Å². The Bertz CT molecular complexity index is 607. The highest BCUT2D eigenvalue weighted by Crippen LogP contribution is 2.52. The first-order valence-corrected chi connectivity index (χ1v) is 7.34. The smallest absolute Gasteiger partial charge is 0.200 e. The van der Waals surface area contributed by atoms with Crippen LogP contribution in [0, 0.1) is 11.8 Å². The summed E-state index contributed by atoms with van der Waals surface area (Å²) in [7, 11) is 0. The molecule has 2 saturated carbocycles. The van der Waals surface area contributed by atoms with Gasteiger partial charge in [-0.1, -0.05) is 6.07 Å². The molecule has 2 fully saturated rings. The second-order valence-corrected chi connectivity index (χ2v) is 6.43. The summed E-state index contributed by atoms with van der Waals surface area (Å²) in [4.78, 5) is 4.65. The number of para-hydroxylation sites is 1. The van der Waals surface area contributed by atoms with E-state index in [0.29, 0.717) is 17.8 Å². The number of benzene rings is 1. The zero-order valence-corrected chi connectivity index (χ0v) is 11.6. The van der Waals surface area contributed by atoms with Gasteiger partial charge in [0, 0.05) is 6.04 Å². The van der Waals surface area contributed by atoms with Gasteiger partial charge in [0.15, 0.2) is 5.58 Å². The molecule has 0 amide bonds. The molecule has 2 N–H and O–H groups in total. The molecule has 1 heterocycles. The number of hydrogen-bond donors (Lipinski definition) is 1. The second-order valence-electron chi connectivity index (χ2n) is 5.58. The van der Waals surface area contributed by atoms with Crippen LogP contribution in [0.15, 0.2) is 27.1 Å². The number of nitrogens with two attached hydrogens (primary N) is 1. The third-order valence-corrected chi connectivity index (χ3v) is 5.27.